The number of hydrogen-bond donors (Lipinski definition) is 1. The van der Waals surface area contributed by atoms with Gasteiger partial charge in [-0.15, -0.1) is 5.54 Å². The van der Waals surface area contributed by atoms with E-state index in [-0.39, 0.29) is 5.56 Å². The normalized spacial score (nSPS) is 12.1. The van der Waals surface area contributed by atoms with Gasteiger partial charge < -0.3 is 5.11 Å². The fourth-order valence-corrected chi connectivity index (χ4v) is 2.56. The number of carboxylic acid groups (broad SMARTS) is 1. The summed E-state index contributed by atoms with van der Waals surface area (Å²) in [5, 5.41) is 8.58. The van der Waals surface area contributed by atoms with Crippen molar-refractivity contribution >= 4 is 31.3 Å². The van der Waals surface area contributed by atoms with Crippen molar-refractivity contribution in [3.63, 3.8) is 0 Å². The number of aromatic nitrogens is 2. The van der Waals surface area contributed by atoms with Crippen molar-refractivity contribution in [3.05, 3.63) is 34.2 Å². The van der Waals surface area contributed by atoms with Gasteiger partial charge in [0.2, 0.25) is 0 Å². The van der Waals surface area contributed by atoms with Crippen LogP contribution in [0.4, 0.5) is 13.2 Å². The maximum atomic E-state index is 13.2. The van der Waals surface area contributed by atoms with E-state index in [1.807, 2.05) is 19.6 Å². The smallest absolute Gasteiger partial charge is 0.420 e. The third-order valence-corrected chi connectivity index (χ3v) is 3.99. The van der Waals surface area contributed by atoms with Gasteiger partial charge in [-0.25, -0.2) is 9.78 Å². The lowest BCUT2D eigenvalue weighted by Crippen LogP contribution is -2.16. The van der Waals surface area contributed by atoms with Gasteiger partial charge in [-0.1, -0.05) is 37.2 Å². The molecule has 2 aromatic rings. The van der Waals surface area contributed by atoms with Crippen molar-refractivity contribution in [1.29, 1.82) is 0 Å². The molecule has 2 rings (SSSR count). The second-order valence-corrected chi connectivity index (χ2v) is 11.0. The molecule has 0 atom stereocenters. The maximum Gasteiger partial charge on any atom is 0.420 e. The number of pyridine rings is 1. The number of hydrogen-bond acceptors (Lipinski definition) is 2. The average molecular weight is 361 g/mol. The first-order valence-electron chi connectivity index (χ1n) is 6.45. The van der Waals surface area contributed by atoms with Gasteiger partial charge in [0.25, 0.3) is 0 Å². The summed E-state index contributed by atoms with van der Waals surface area (Å²) in [6.45, 7) is 5.86. The Balaban J connectivity index is 2.81. The zero-order chi connectivity index (χ0) is 17.6. The Hall–Kier alpha value is -1.98. The number of alkyl halides is 3. The van der Waals surface area contributed by atoms with E-state index in [2.05, 4.69) is 16.4 Å². The molecule has 0 aromatic carbocycles. The van der Waals surface area contributed by atoms with Crippen LogP contribution in [0, 0.1) is 11.5 Å². The van der Waals surface area contributed by atoms with E-state index in [0.29, 0.717) is 0 Å². The topological polar surface area (TPSA) is 54.6 Å². The van der Waals surface area contributed by atoms with Gasteiger partial charge in [-0.05, 0) is 6.07 Å². The Morgan fingerprint density at radius 3 is 2.48 bits per heavy atom. The minimum atomic E-state index is -4.71. The number of imidazole rings is 1. The number of carbonyl (C=O) groups is 1. The van der Waals surface area contributed by atoms with Crippen LogP contribution in [0.3, 0.4) is 0 Å². The standard InChI is InChI=1S/C14H12ClF3N2O2Si/c1-23(2,3)5-4-8-6-9(14(16,17)18)12-19-10(13(21)22)11(15)20(12)7-8/h6-7H,1-3H3,(H,21,22). The highest BCUT2D eigenvalue weighted by Gasteiger charge is 2.35. The molecule has 0 bridgehead atoms. The van der Waals surface area contributed by atoms with E-state index < -0.39 is 42.3 Å². The largest absolute Gasteiger partial charge is 0.476 e. The molecule has 9 heteroatoms. The number of aromatic carboxylic acids is 1. The number of carboxylic acids is 1. The van der Waals surface area contributed by atoms with Crippen LogP contribution in [0.5, 0.6) is 0 Å². The van der Waals surface area contributed by atoms with Gasteiger partial charge >= 0.3 is 12.1 Å². The van der Waals surface area contributed by atoms with Crippen LogP contribution in [0.1, 0.15) is 21.6 Å². The van der Waals surface area contributed by atoms with E-state index in [1.165, 1.54) is 6.20 Å². The number of nitrogens with zero attached hydrogens (tertiary/aromatic N) is 2. The van der Waals surface area contributed by atoms with E-state index in [4.69, 9.17) is 16.7 Å². The first-order valence-corrected chi connectivity index (χ1v) is 10.3. The lowest BCUT2D eigenvalue weighted by Gasteiger charge is -2.09. The quantitative estimate of drug-likeness (QED) is 0.619. The summed E-state index contributed by atoms with van der Waals surface area (Å²) >= 11 is 5.85. The summed E-state index contributed by atoms with van der Waals surface area (Å²) in [5.41, 5.74) is 0.796. The van der Waals surface area contributed by atoms with Crippen molar-refractivity contribution in [2.45, 2.75) is 25.8 Å². The predicted octanol–water partition coefficient (Wildman–Crippen LogP) is 3.93. The molecule has 0 radical (unpaired) electrons. The van der Waals surface area contributed by atoms with Crippen LogP contribution >= 0.6 is 11.6 Å². The molecule has 23 heavy (non-hydrogen) atoms. The molecular weight excluding hydrogens is 349 g/mol. The first kappa shape index (κ1) is 17.4. The van der Waals surface area contributed by atoms with Crippen LogP contribution in [0.15, 0.2) is 12.3 Å². The van der Waals surface area contributed by atoms with E-state index in [1.54, 1.807) is 0 Å². The van der Waals surface area contributed by atoms with E-state index in [9.17, 15) is 18.0 Å². The molecule has 0 aliphatic heterocycles. The fraction of sp³-hybridized carbons (Fsp3) is 0.286. The van der Waals surface area contributed by atoms with E-state index >= 15 is 0 Å². The average Bonchev–Trinajstić information content (AvgIpc) is 2.71. The minimum Gasteiger partial charge on any atom is -0.476 e. The number of fused-ring (bicyclic) bond motifs is 1. The zero-order valence-corrected chi connectivity index (χ0v) is 14.2. The van der Waals surface area contributed by atoms with Crippen LogP contribution < -0.4 is 0 Å². The van der Waals surface area contributed by atoms with Crippen LogP contribution in [0.2, 0.25) is 24.8 Å². The van der Waals surface area contributed by atoms with Crippen molar-refractivity contribution in [3.8, 4) is 11.5 Å². The summed E-state index contributed by atoms with van der Waals surface area (Å²) < 4.78 is 40.6. The first-order chi connectivity index (χ1) is 10.4. The Bertz CT molecular complexity index is 857. The summed E-state index contributed by atoms with van der Waals surface area (Å²) in [5.74, 6) is 1.21. The molecule has 122 valence electrons. The summed E-state index contributed by atoms with van der Waals surface area (Å²) in [6, 6.07) is 0.859. The highest BCUT2D eigenvalue weighted by atomic mass is 35.5. The molecule has 4 nitrogen and oxygen atoms in total. The van der Waals surface area contributed by atoms with Crippen molar-refractivity contribution < 1.29 is 23.1 Å². The Morgan fingerprint density at radius 2 is 2.00 bits per heavy atom. The monoisotopic (exact) mass is 360 g/mol. The van der Waals surface area contributed by atoms with E-state index in [0.717, 1.165) is 10.5 Å². The second-order valence-electron chi connectivity index (χ2n) is 5.89. The second kappa shape index (κ2) is 5.58. The Labute approximate surface area is 135 Å². The predicted molar refractivity (Wildman–Crippen MR) is 82.4 cm³/mol. The summed E-state index contributed by atoms with van der Waals surface area (Å²) in [7, 11) is -1.79. The van der Waals surface area contributed by atoms with Gasteiger partial charge in [0.1, 0.15) is 18.8 Å². The molecular formula is C14H12ClF3N2O2Si. The van der Waals surface area contributed by atoms with Gasteiger partial charge in [0.15, 0.2) is 11.3 Å². The molecule has 0 aliphatic rings. The van der Waals surface area contributed by atoms with Crippen molar-refractivity contribution in [2.24, 2.45) is 0 Å². The molecule has 2 aromatic heterocycles. The SMILES string of the molecule is C[Si](C)(C)C#Cc1cc(C(F)(F)F)c2nc(C(=O)O)c(Cl)n2c1. The highest BCUT2D eigenvalue weighted by Crippen LogP contribution is 2.34. The Morgan fingerprint density at radius 1 is 1.39 bits per heavy atom. The molecule has 0 saturated heterocycles. The number of halogens is 4. The van der Waals surface area contributed by atoms with Crippen LogP contribution in [-0.4, -0.2) is 28.5 Å². The van der Waals surface area contributed by atoms with Crippen LogP contribution in [-0.2, 0) is 6.18 Å². The maximum absolute atomic E-state index is 13.2. The molecule has 0 aliphatic carbocycles. The van der Waals surface area contributed by atoms with Gasteiger partial charge in [0.05, 0.1) is 0 Å². The van der Waals surface area contributed by atoms with Crippen LogP contribution in [0.25, 0.3) is 5.65 Å². The summed E-state index contributed by atoms with van der Waals surface area (Å²) in [4.78, 5) is 14.5. The summed E-state index contributed by atoms with van der Waals surface area (Å²) in [6.07, 6.45) is -3.44. The van der Waals surface area contributed by atoms with Gasteiger partial charge in [-0.3, -0.25) is 4.40 Å². The molecule has 0 fully saturated rings. The third kappa shape index (κ3) is 3.68. The van der Waals surface area contributed by atoms with Gasteiger partial charge in [-0.2, -0.15) is 13.2 Å². The lowest BCUT2D eigenvalue weighted by atomic mass is 10.2. The molecule has 0 amide bonds. The number of rotatable bonds is 1. The molecule has 2 heterocycles. The highest BCUT2D eigenvalue weighted by molar-refractivity contribution is 6.83. The van der Waals surface area contributed by atoms with Crippen molar-refractivity contribution in [2.75, 3.05) is 0 Å². The third-order valence-electron chi connectivity index (χ3n) is 2.75. The molecule has 1 N–H and O–H groups in total. The Kier molecular flexibility index (Phi) is 4.21. The van der Waals surface area contributed by atoms with Gasteiger partial charge in [0, 0.05) is 11.8 Å². The zero-order valence-electron chi connectivity index (χ0n) is 12.4. The molecule has 0 unspecified atom stereocenters. The molecule has 0 spiro atoms. The molecule has 0 saturated carbocycles. The lowest BCUT2D eigenvalue weighted by molar-refractivity contribution is -0.136. The minimum absolute atomic E-state index is 0.100. The fourth-order valence-electron chi connectivity index (χ4n) is 1.79. The van der Waals surface area contributed by atoms with Crippen molar-refractivity contribution in [1.82, 2.24) is 9.38 Å².